The number of rotatable bonds is 5. The maximum atomic E-state index is 13.9. The van der Waals surface area contributed by atoms with Crippen LogP contribution in [0.25, 0.3) is 0 Å². The summed E-state index contributed by atoms with van der Waals surface area (Å²) >= 11 is 5.69. The molecule has 0 amide bonds. The van der Waals surface area contributed by atoms with Gasteiger partial charge in [-0.1, -0.05) is 11.6 Å². The number of hydrogen-bond donors (Lipinski definition) is 2. The predicted octanol–water partition coefficient (Wildman–Crippen LogP) is 1.45. The SMILES string of the molecule is COc1cc(Cl)c(F)c(CC(N)C(=O)O)c1OC. The lowest BCUT2D eigenvalue weighted by Crippen LogP contribution is -2.32. The van der Waals surface area contributed by atoms with Gasteiger partial charge in [0.1, 0.15) is 11.9 Å². The van der Waals surface area contributed by atoms with E-state index in [2.05, 4.69) is 0 Å². The van der Waals surface area contributed by atoms with E-state index in [-0.39, 0.29) is 28.5 Å². The molecule has 1 aromatic carbocycles. The van der Waals surface area contributed by atoms with Gasteiger partial charge in [0.15, 0.2) is 11.5 Å². The minimum absolute atomic E-state index is 0.0169. The molecule has 1 aromatic rings. The van der Waals surface area contributed by atoms with Crippen molar-refractivity contribution in [2.24, 2.45) is 5.73 Å². The van der Waals surface area contributed by atoms with E-state index >= 15 is 0 Å². The highest BCUT2D eigenvalue weighted by Crippen LogP contribution is 2.37. The van der Waals surface area contributed by atoms with E-state index in [1.54, 1.807) is 0 Å². The van der Waals surface area contributed by atoms with Gasteiger partial charge in [-0.3, -0.25) is 4.79 Å². The molecule has 0 saturated heterocycles. The third-order valence-electron chi connectivity index (χ3n) is 2.40. The van der Waals surface area contributed by atoms with Crippen LogP contribution in [-0.4, -0.2) is 31.3 Å². The summed E-state index contributed by atoms with van der Waals surface area (Å²) in [5.74, 6) is -1.69. The van der Waals surface area contributed by atoms with Crippen LogP contribution in [0, 0.1) is 5.82 Å². The summed E-state index contributed by atoms with van der Waals surface area (Å²) in [6.07, 6.45) is -0.249. The van der Waals surface area contributed by atoms with Crippen LogP contribution < -0.4 is 15.2 Å². The van der Waals surface area contributed by atoms with E-state index in [0.717, 1.165) is 0 Å². The van der Waals surface area contributed by atoms with Crippen LogP contribution >= 0.6 is 11.6 Å². The molecular weight excluding hydrogens is 265 g/mol. The van der Waals surface area contributed by atoms with Crippen LogP contribution in [0.15, 0.2) is 6.07 Å². The van der Waals surface area contributed by atoms with Crippen molar-refractivity contribution in [2.45, 2.75) is 12.5 Å². The van der Waals surface area contributed by atoms with Gasteiger partial charge in [0.25, 0.3) is 0 Å². The summed E-state index contributed by atoms with van der Waals surface area (Å²) < 4.78 is 23.9. The largest absolute Gasteiger partial charge is 0.493 e. The first-order valence-electron chi connectivity index (χ1n) is 4.99. The average molecular weight is 278 g/mol. The Hall–Kier alpha value is -1.53. The Morgan fingerprint density at radius 3 is 2.61 bits per heavy atom. The van der Waals surface area contributed by atoms with Crippen molar-refractivity contribution in [2.75, 3.05) is 14.2 Å². The molecule has 0 spiro atoms. The highest BCUT2D eigenvalue weighted by Gasteiger charge is 2.23. The molecule has 0 heterocycles. The molecule has 0 saturated carbocycles. The maximum Gasteiger partial charge on any atom is 0.320 e. The molecule has 7 heteroatoms. The monoisotopic (exact) mass is 277 g/mol. The zero-order valence-electron chi connectivity index (χ0n) is 9.87. The highest BCUT2D eigenvalue weighted by atomic mass is 35.5. The molecule has 0 aliphatic carbocycles. The summed E-state index contributed by atoms with van der Waals surface area (Å²) in [4.78, 5) is 10.7. The average Bonchev–Trinajstić information content (AvgIpc) is 2.34. The topological polar surface area (TPSA) is 81.8 Å². The molecule has 5 nitrogen and oxygen atoms in total. The number of benzene rings is 1. The van der Waals surface area contributed by atoms with Gasteiger partial charge in [0, 0.05) is 18.1 Å². The van der Waals surface area contributed by atoms with Crippen molar-refractivity contribution >= 4 is 17.6 Å². The quantitative estimate of drug-likeness (QED) is 0.851. The van der Waals surface area contributed by atoms with Crippen LogP contribution in [0.3, 0.4) is 0 Å². The van der Waals surface area contributed by atoms with Crippen molar-refractivity contribution in [1.29, 1.82) is 0 Å². The molecule has 1 unspecified atom stereocenters. The third kappa shape index (κ3) is 2.83. The van der Waals surface area contributed by atoms with Gasteiger partial charge < -0.3 is 20.3 Å². The Bertz CT molecular complexity index is 467. The van der Waals surface area contributed by atoms with E-state index in [1.165, 1.54) is 20.3 Å². The molecular formula is C11H13ClFNO4. The van der Waals surface area contributed by atoms with Gasteiger partial charge in [-0.05, 0) is 0 Å². The molecule has 3 N–H and O–H groups in total. The molecule has 100 valence electrons. The van der Waals surface area contributed by atoms with E-state index in [9.17, 15) is 9.18 Å². The van der Waals surface area contributed by atoms with Crippen molar-refractivity contribution in [3.8, 4) is 11.5 Å². The second-order valence-electron chi connectivity index (χ2n) is 3.54. The van der Waals surface area contributed by atoms with Gasteiger partial charge in [0.05, 0.1) is 19.2 Å². The molecule has 1 atom stereocenters. The van der Waals surface area contributed by atoms with E-state index in [1.807, 2.05) is 0 Å². The summed E-state index contributed by atoms with van der Waals surface area (Å²) in [5, 5.41) is 8.56. The van der Waals surface area contributed by atoms with Crippen molar-refractivity contribution in [1.82, 2.24) is 0 Å². The number of aliphatic carboxylic acids is 1. The summed E-state index contributed by atoms with van der Waals surface area (Å²) in [5.41, 5.74) is 5.36. The fourth-order valence-corrected chi connectivity index (χ4v) is 1.71. The number of nitrogens with two attached hydrogens (primary N) is 1. The molecule has 1 rings (SSSR count). The fourth-order valence-electron chi connectivity index (χ4n) is 1.50. The number of hydrogen-bond acceptors (Lipinski definition) is 4. The maximum absolute atomic E-state index is 13.9. The Morgan fingerprint density at radius 1 is 1.56 bits per heavy atom. The number of methoxy groups -OCH3 is 2. The Morgan fingerprint density at radius 2 is 2.17 bits per heavy atom. The second-order valence-corrected chi connectivity index (χ2v) is 3.94. The minimum Gasteiger partial charge on any atom is -0.493 e. The normalized spacial score (nSPS) is 12.1. The Balaban J connectivity index is 3.30. The lowest BCUT2D eigenvalue weighted by atomic mass is 10.0. The number of carbonyl (C=O) groups is 1. The first kappa shape index (κ1) is 14.5. The Kier molecular flexibility index (Phi) is 4.75. The highest BCUT2D eigenvalue weighted by molar-refractivity contribution is 6.31. The fraction of sp³-hybridized carbons (Fsp3) is 0.364. The van der Waals surface area contributed by atoms with Crippen LogP contribution in [0.4, 0.5) is 4.39 Å². The molecule has 0 radical (unpaired) electrons. The van der Waals surface area contributed by atoms with Crippen molar-refractivity contribution in [3.05, 3.63) is 22.5 Å². The molecule has 18 heavy (non-hydrogen) atoms. The Labute approximate surface area is 108 Å². The number of ether oxygens (including phenoxy) is 2. The summed E-state index contributed by atoms with van der Waals surface area (Å²) in [6.45, 7) is 0. The van der Waals surface area contributed by atoms with Gasteiger partial charge in [-0.25, -0.2) is 4.39 Å². The molecule has 0 aliphatic heterocycles. The first-order valence-corrected chi connectivity index (χ1v) is 5.37. The summed E-state index contributed by atoms with van der Waals surface area (Å²) in [6, 6.07) is 0.00230. The van der Waals surface area contributed by atoms with Gasteiger partial charge in [0.2, 0.25) is 0 Å². The van der Waals surface area contributed by atoms with Gasteiger partial charge in [-0.15, -0.1) is 0 Å². The summed E-state index contributed by atoms with van der Waals surface area (Å²) in [7, 11) is 2.69. The number of halogens is 2. The van der Waals surface area contributed by atoms with Gasteiger partial charge >= 0.3 is 5.97 Å². The van der Waals surface area contributed by atoms with E-state index in [4.69, 9.17) is 31.9 Å². The molecule has 0 fully saturated rings. The lowest BCUT2D eigenvalue weighted by Gasteiger charge is -2.16. The van der Waals surface area contributed by atoms with Gasteiger partial charge in [-0.2, -0.15) is 0 Å². The molecule has 0 bridgehead atoms. The molecule has 0 aromatic heterocycles. The number of carboxylic acid groups (broad SMARTS) is 1. The van der Waals surface area contributed by atoms with Crippen LogP contribution in [0.5, 0.6) is 11.5 Å². The smallest absolute Gasteiger partial charge is 0.320 e. The van der Waals surface area contributed by atoms with Crippen molar-refractivity contribution in [3.63, 3.8) is 0 Å². The van der Waals surface area contributed by atoms with E-state index < -0.39 is 17.8 Å². The zero-order chi connectivity index (χ0) is 13.9. The minimum atomic E-state index is -1.25. The third-order valence-corrected chi connectivity index (χ3v) is 2.67. The zero-order valence-corrected chi connectivity index (χ0v) is 10.6. The van der Waals surface area contributed by atoms with Crippen LogP contribution in [-0.2, 0) is 11.2 Å². The first-order chi connectivity index (χ1) is 8.42. The second kappa shape index (κ2) is 5.88. The van der Waals surface area contributed by atoms with Crippen LogP contribution in [0.2, 0.25) is 5.02 Å². The molecule has 0 aliphatic rings. The van der Waals surface area contributed by atoms with E-state index in [0.29, 0.717) is 0 Å². The standard InChI is InChI=1S/C11H13ClFNO4/c1-17-8-4-6(12)9(13)5(10(8)18-2)3-7(14)11(15)16/h4,7H,3,14H2,1-2H3,(H,15,16). The van der Waals surface area contributed by atoms with Crippen LogP contribution in [0.1, 0.15) is 5.56 Å². The number of carboxylic acids is 1. The van der Waals surface area contributed by atoms with Crippen molar-refractivity contribution < 1.29 is 23.8 Å². The predicted molar refractivity (Wildman–Crippen MR) is 63.8 cm³/mol. The lowest BCUT2D eigenvalue weighted by molar-refractivity contribution is -0.138.